The number of nitrogens with one attached hydrogen (secondary N) is 1. The van der Waals surface area contributed by atoms with E-state index in [1.165, 1.54) is 30.8 Å². The van der Waals surface area contributed by atoms with Gasteiger partial charge in [-0.2, -0.15) is 0 Å². The predicted molar refractivity (Wildman–Crippen MR) is 66.3 cm³/mol. The molecule has 2 nitrogen and oxygen atoms in total. The van der Waals surface area contributed by atoms with Crippen LogP contribution in [-0.2, 0) is 6.54 Å². The summed E-state index contributed by atoms with van der Waals surface area (Å²) in [7, 11) is 2.08. The SMILES string of the molecule is CNC1(C)CCN(Cc2cccs2)CC1. The molecule has 1 aromatic rings. The van der Waals surface area contributed by atoms with Gasteiger partial charge in [0.2, 0.25) is 0 Å². The molecule has 0 aliphatic carbocycles. The minimum absolute atomic E-state index is 0.367. The molecule has 0 spiro atoms. The van der Waals surface area contributed by atoms with Crippen molar-refractivity contribution in [2.45, 2.75) is 31.8 Å². The standard InChI is InChI=1S/C12H20N2S/c1-12(13-2)5-7-14(8-6-12)10-11-4-3-9-15-11/h3-4,9,13H,5-8,10H2,1-2H3. The van der Waals surface area contributed by atoms with Gasteiger partial charge in [-0.3, -0.25) is 4.90 Å². The lowest BCUT2D eigenvalue weighted by Crippen LogP contribution is -2.49. The molecule has 84 valence electrons. The molecule has 1 fully saturated rings. The van der Waals surface area contributed by atoms with Gasteiger partial charge in [0.25, 0.3) is 0 Å². The number of piperidine rings is 1. The lowest BCUT2D eigenvalue weighted by molar-refractivity contribution is 0.147. The highest BCUT2D eigenvalue weighted by molar-refractivity contribution is 7.09. The van der Waals surface area contributed by atoms with Gasteiger partial charge in [0, 0.05) is 30.1 Å². The lowest BCUT2D eigenvalue weighted by atomic mass is 9.90. The van der Waals surface area contributed by atoms with Crippen LogP contribution in [0.2, 0.25) is 0 Å². The fraction of sp³-hybridized carbons (Fsp3) is 0.667. The maximum absolute atomic E-state index is 3.44. The quantitative estimate of drug-likeness (QED) is 0.847. The highest BCUT2D eigenvalue weighted by Crippen LogP contribution is 2.23. The molecule has 1 aliphatic heterocycles. The fourth-order valence-corrected chi connectivity index (χ4v) is 2.82. The molecule has 1 aromatic heterocycles. The first-order valence-electron chi connectivity index (χ1n) is 5.65. The molecule has 1 aliphatic rings. The van der Waals surface area contributed by atoms with Gasteiger partial charge in [0.15, 0.2) is 0 Å². The van der Waals surface area contributed by atoms with Gasteiger partial charge in [-0.1, -0.05) is 6.07 Å². The van der Waals surface area contributed by atoms with E-state index in [1.807, 2.05) is 11.3 Å². The van der Waals surface area contributed by atoms with Crippen molar-refractivity contribution in [1.82, 2.24) is 10.2 Å². The van der Waals surface area contributed by atoms with Crippen molar-refractivity contribution in [1.29, 1.82) is 0 Å². The predicted octanol–water partition coefficient (Wildman–Crippen LogP) is 2.32. The van der Waals surface area contributed by atoms with E-state index >= 15 is 0 Å². The molecular formula is C12H20N2S. The molecule has 0 atom stereocenters. The van der Waals surface area contributed by atoms with E-state index in [1.54, 1.807) is 0 Å². The second kappa shape index (κ2) is 4.64. The first-order chi connectivity index (χ1) is 7.22. The molecule has 0 unspecified atom stereocenters. The molecule has 3 heteroatoms. The largest absolute Gasteiger partial charge is 0.314 e. The van der Waals surface area contributed by atoms with Crippen molar-refractivity contribution >= 4 is 11.3 Å². The van der Waals surface area contributed by atoms with E-state index in [0.29, 0.717) is 5.54 Å². The van der Waals surface area contributed by atoms with E-state index in [9.17, 15) is 0 Å². The van der Waals surface area contributed by atoms with Crippen LogP contribution in [-0.4, -0.2) is 30.6 Å². The normalized spacial score (nSPS) is 21.7. The topological polar surface area (TPSA) is 15.3 Å². The summed E-state index contributed by atoms with van der Waals surface area (Å²) in [6, 6.07) is 4.37. The Kier molecular flexibility index (Phi) is 3.44. The van der Waals surface area contributed by atoms with E-state index in [4.69, 9.17) is 0 Å². The van der Waals surface area contributed by atoms with Crippen LogP contribution in [0.15, 0.2) is 17.5 Å². The van der Waals surface area contributed by atoms with Gasteiger partial charge in [0.1, 0.15) is 0 Å². The van der Waals surface area contributed by atoms with Crippen molar-refractivity contribution in [3.8, 4) is 0 Å². The van der Waals surface area contributed by atoms with Crippen LogP contribution in [0.1, 0.15) is 24.6 Å². The van der Waals surface area contributed by atoms with E-state index in [0.717, 1.165) is 6.54 Å². The molecule has 1 N–H and O–H groups in total. The van der Waals surface area contributed by atoms with Crippen molar-refractivity contribution < 1.29 is 0 Å². The van der Waals surface area contributed by atoms with Crippen LogP contribution < -0.4 is 5.32 Å². The number of hydrogen-bond acceptors (Lipinski definition) is 3. The first-order valence-corrected chi connectivity index (χ1v) is 6.53. The summed E-state index contributed by atoms with van der Waals surface area (Å²) in [4.78, 5) is 4.05. The average Bonchev–Trinajstić information content (AvgIpc) is 2.75. The van der Waals surface area contributed by atoms with Gasteiger partial charge < -0.3 is 5.32 Å². The summed E-state index contributed by atoms with van der Waals surface area (Å²) in [5.41, 5.74) is 0.367. The number of likely N-dealkylation sites (tertiary alicyclic amines) is 1. The van der Waals surface area contributed by atoms with Crippen LogP contribution in [0, 0.1) is 0 Å². The molecule has 0 bridgehead atoms. The van der Waals surface area contributed by atoms with E-state index in [-0.39, 0.29) is 0 Å². The van der Waals surface area contributed by atoms with Gasteiger partial charge in [0.05, 0.1) is 0 Å². The Labute approximate surface area is 96.3 Å². The zero-order valence-corrected chi connectivity index (χ0v) is 10.4. The zero-order chi connectivity index (χ0) is 10.7. The fourth-order valence-electron chi connectivity index (χ4n) is 2.08. The smallest absolute Gasteiger partial charge is 0.0327 e. The number of rotatable bonds is 3. The molecule has 0 amide bonds. The van der Waals surface area contributed by atoms with Crippen LogP contribution in [0.3, 0.4) is 0 Å². The third-order valence-electron chi connectivity index (χ3n) is 3.52. The van der Waals surface area contributed by atoms with Crippen molar-refractivity contribution in [2.75, 3.05) is 20.1 Å². The van der Waals surface area contributed by atoms with E-state index in [2.05, 4.69) is 41.7 Å². The van der Waals surface area contributed by atoms with Crippen molar-refractivity contribution in [3.63, 3.8) is 0 Å². The second-order valence-corrected chi connectivity index (χ2v) is 5.70. The minimum Gasteiger partial charge on any atom is -0.314 e. The maximum Gasteiger partial charge on any atom is 0.0327 e. The number of nitrogens with zero attached hydrogens (tertiary/aromatic N) is 1. The zero-order valence-electron chi connectivity index (χ0n) is 9.62. The molecule has 0 aromatic carbocycles. The first kappa shape index (κ1) is 11.1. The number of thiophene rings is 1. The highest BCUT2D eigenvalue weighted by atomic mass is 32.1. The Bertz CT molecular complexity index is 287. The Hall–Kier alpha value is -0.380. The summed E-state index contributed by atoms with van der Waals surface area (Å²) in [5, 5.41) is 5.60. The molecule has 2 rings (SSSR count). The second-order valence-electron chi connectivity index (χ2n) is 4.67. The van der Waals surface area contributed by atoms with Gasteiger partial charge >= 0.3 is 0 Å². The Morgan fingerprint density at radius 1 is 1.47 bits per heavy atom. The summed E-state index contributed by atoms with van der Waals surface area (Å²) in [6.07, 6.45) is 2.52. The average molecular weight is 224 g/mol. The van der Waals surface area contributed by atoms with E-state index < -0.39 is 0 Å². The van der Waals surface area contributed by atoms with Gasteiger partial charge in [-0.05, 0) is 38.3 Å². The maximum atomic E-state index is 3.44. The highest BCUT2D eigenvalue weighted by Gasteiger charge is 2.27. The molecule has 15 heavy (non-hydrogen) atoms. The monoisotopic (exact) mass is 224 g/mol. The van der Waals surface area contributed by atoms with Crippen molar-refractivity contribution in [3.05, 3.63) is 22.4 Å². The molecule has 0 saturated carbocycles. The molecule has 1 saturated heterocycles. The van der Waals surface area contributed by atoms with Gasteiger partial charge in [-0.25, -0.2) is 0 Å². The van der Waals surface area contributed by atoms with Crippen LogP contribution in [0.25, 0.3) is 0 Å². The third-order valence-corrected chi connectivity index (χ3v) is 4.38. The van der Waals surface area contributed by atoms with Gasteiger partial charge in [-0.15, -0.1) is 11.3 Å². The summed E-state index contributed by atoms with van der Waals surface area (Å²) in [6.45, 7) is 5.90. The summed E-state index contributed by atoms with van der Waals surface area (Å²) in [5.74, 6) is 0. The van der Waals surface area contributed by atoms with Crippen LogP contribution >= 0.6 is 11.3 Å². The molecule has 0 radical (unpaired) electrons. The summed E-state index contributed by atoms with van der Waals surface area (Å²) >= 11 is 1.86. The Balaban J connectivity index is 1.84. The Morgan fingerprint density at radius 3 is 2.73 bits per heavy atom. The van der Waals surface area contributed by atoms with Crippen LogP contribution in [0.4, 0.5) is 0 Å². The number of hydrogen-bond donors (Lipinski definition) is 1. The van der Waals surface area contributed by atoms with Crippen molar-refractivity contribution in [2.24, 2.45) is 0 Å². The lowest BCUT2D eigenvalue weighted by Gasteiger charge is -2.39. The van der Waals surface area contributed by atoms with Crippen LogP contribution in [0.5, 0.6) is 0 Å². The minimum atomic E-state index is 0.367. The summed E-state index contributed by atoms with van der Waals surface area (Å²) < 4.78 is 0. The molecule has 2 heterocycles. The Morgan fingerprint density at radius 2 is 2.20 bits per heavy atom. The molecular weight excluding hydrogens is 204 g/mol. The third kappa shape index (κ3) is 2.80.